The molecule has 2 N–H and O–H groups in total. The van der Waals surface area contributed by atoms with Crippen LogP contribution in [-0.2, 0) is 19.1 Å². The molecule has 0 spiro atoms. The van der Waals surface area contributed by atoms with E-state index in [-0.39, 0.29) is 6.61 Å². The number of aliphatic hydroxyl groups is 1. The molecule has 1 aromatic carbocycles. The molecule has 0 radical (unpaired) electrons. The van der Waals surface area contributed by atoms with E-state index in [1.54, 1.807) is 10.9 Å². The van der Waals surface area contributed by atoms with Gasteiger partial charge in [-0.3, -0.25) is 10.00 Å². The van der Waals surface area contributed by atoms with Gasteiger partial charge in [0.2, 0.25) is 0 Å². The molecule has 1 aromatic heterocycles. The average molecular weight is 246 g/mol. The maximum Gasteiger partial charge on any atom is 0.0738 e. The minimum Gasteiger partial charge on any atom is -0.394 e. The molecule has 0 saturated heterocycles. The van der Waals surface area contributed by atoms with Crippen LogP contribution in [0.25, 0.3) is 0 Å². The van der Waals surface area contributed by atoms with Crippen molar-refractivity contribution in [3.05, 3.63) is 47.8 Å². The van der Waals surface area contributed by atoms with E-state index < -0.39 is 5.54 Å². The number of nitrogens with zero attached hydrogens (tertiary/aromatic N) is 3. The normalized spacial score (nSPS) is 14.4. The number of hydrogen-bond acceptors (Lipinski definition) is 4. The maximum absolute atomic E-state index is 9.64. The van der Waals surface area contributed by atoms with E-state index in [0.29, 0.717) is 6.54 Å². The molecule has 5 heteroatoms. The number of rotatable bonds is 5. The van der Waals surface area contributed by atoms with Crippen LogP contribution in [0.1, 0.15) is 18.2 Å². The SMILES string of the molecule is Cn1nncc1CNC(C)(CO)c1ccccc1. The Kier molecular flexibility index (Phi) is 3.74. The first kappa shape index (κ1) is 12.7. The van der Waals surface area contributed by atoms with Gasteiger partial charge in [0.1, 0.15) is 0 Å². The van der Waals surface area contributed by atoms with Gasteiger partial charge in [-0.05, 0) is 12.5 Å². The molecular formula is C13H18N4O. The largest absolute Gasteiger partial charge is 0.394 e. The van der Waals surface area contributed by atoms with Crippen molar-refractivity contribution >= 4 is 0 Å². The maximum atomic E-state index is 9.64. The summed E-state index contributed by atoms with van der Waals surface area (Å²) in [7, 11) is 1.85. The molecule has 0 aliphatic rings. The number of aromatic nitrogens is 3. The third kappa shape index (κ3) is 2.57. The molecule has 0 fully saturated rings. The van der Waals surface area contributed by atoms with Crippen molar-refractivity contribution < 1.29 is 5.11 Å². The Labute approximate surface area is 106 Å². The van der Waals surface area contributed by atoms with Gasteiger partial charge in [0.15, 0.2) is 0 Å². The predicted molar refractivity (Wildman–Crippen MR) is 68.7 cm³/mol. The van der Waals surface area contributed by atoms with Gasteiger partial charge >= 0.3 is 0 Å². The zero-order valence-electron chi connectivity index (χ0n) is 10.7. The molecule has 0 bridgehead atoms. The molecule has 96 valence electrons. The first-order valence-corrected chi connectivity index (χ1v) is 5.91. The fourth-order valence-electron chi connectivity index (χ4n) is 1.81. The number of benzene rings is 1. The van der Waals surface area contributed by atoms with Crippen LogP contribution in [0.3, 0.4) is 0 Å². The van der Waals surface area contributed by atoms with E-state index in [2.05, 4.69) is 15.6 Å². The molecule has 0 aliphatic heterocycles. The lowest BCUT2D eigenvalue weighted by Crippen LogP contribution is -2.42. The summed E-state index contributed by atoms with van der Waals surface area (Å²) in [5, 5.41) is 20.7. The lowest BCUT2D eigenvalue weighted by atomic mass is 9.93. The van der Waals surface area contributed by atoms with Gasteiger partial charge in [-0.1, -0.05) is 35.5 Å². The number of aliphatic hydroxyl groups excluding tert-OH is 1. The fraction of sp³-hybridized carbons (Fsp3) is 0.385. The van der Waals surface area contributed by atoms with Gasteiger partial charge < -0.3 is 5.11 Å². The molecule has 2 rings (SSSR count). The number of aryl methyl sites for hydroxylation is 1. The van der Waals surface area contributed by atoms with E-state index in [1.807, 2.05) is 44.3 Å². The second-order valence-corrected chi connectivity index (χ2v) is 4.56. The Balaban J connectivity index is 2.12. The number of nitrogens with one attached hydrogen (secondary N) is 1. The summed E-state index contributed by atoms with van der Waals surface area (Å²) in [4.78, 5) is 0. The Bertz CT molecular complexity index is 497. The van der Waals surface area contributed by atoms with Crippen molar-refractivity contribution in [1.82, 2.24) is 20.3 Å². The molecular weight excluding hydrogens is 228 g/mol. The fourth-order valence-corrected chi connectivity index (χ4v) is 1.81. The highest BCUT2D eigenvalue weighted by atomic mass is 16.3. The van der Waals surface area contributed by atoms with Gasteiger partial charge in [-0.25, -0.2) is 0 Å². The highest BCUT2D eigenvalue weighted by Gasteiger charge is 2.25. The average Bonchev–Trinajstić information content (AvgIpc) is 2.83. The van der Waals surface area contributed by atoms with Crippen molar-refractivity contribution in [3.63, 3.8) is 0 Å². The van der Waals surface area contributed by atoms with Gasteiger partial charge in [0, 0.05) is 13.6 Å². The first-order valence-electron chi connectivity index (χ1n) is 5.91. The van der Waals surface area contributed by atoms with Crippen LogP contribution in [0.4, 0.5) is 0 Å². The van der Waals surface area contributed by atoms with E-state index in [0.717, 1.165) is 11.3 Å². The first-order chi connectivity index (χ1) is 8.65. The minimum atomic E-state index is -0.467. The summed E-state index contributed by atoms with van der Waals surface area (Å²) in [5.41, 5.74) is 1.57. The highest BCUT2D eigenvalue weighted by Crippen LogP contribution is 2.20. The van der Waals surface area contributed by atoms with Gasteiger partial charge in [-0.15, -0.1) is 5.10 Å². The predicted octanol–water partition coefficient (Wildman–Crippen LogP) is 0.812. The van der Waals surface area contributed by atoms with Crippen molar-refractivity contribution in [3.8, 4) is 0 Å². The second kappa shape index (κ2) is 5.29. The van der Waals surface area contributed by atoms with Gasteiger partial charge in [-0.2, -0.15) is 0 Å². The summed E-state index contributed by atoms with van der Waals surface area (Å²) in [6.07, 6.45) is 1.72. The van der Waals surface area contributed by atoms with E-state index in [1.165, 1.54) is 0 Å². The molecule has 0 saturated carbocycles. The topological polar surface area (TPSA) is 63.0 Å². The molecule has 5 nitrogen and oxygen atoms in total. The third-order valence-electron chi connectivity index (χ3n) is 3.20. The van der Waals surface area contributed by atoms with Crippen molar-refractivity contribution in [2.75, 3.05) is 6.61 Å². The van der Waals surface area contributed by atoms with Crippen LogP contribution < -0.4 is 5.32 Å². The molecule has 0 aliphatic carbocycles. The van der Waals surface area contributed by atoms with Crippen molar-refractivity contribution in [1.29, 1.82) is 0 Å². The van der Waals surface area contributed by atoms with Crippen LogP contribution >= 0.6 is 0 Å². The van der Waals surface area contributed by atoms with Gasteiger partial charge in [0.25, 0.3) is 0 Å². The zero-order valence-corrected chi connectivity index (χ0v) is 10.7. The lowest BCUT2D eigenvalue weighted by Gasteiger charge is -2.29. The van der Waals surface area contributed by atoms with E-state index in [4.69, 9.17) is 0 Å². The Hall–Kier alpha value is -1.72. The zero-order chi connectivity index (χ0) is 13.0. The van der Waals surface area contributed by atoms with Crippen LogP contribution in [0.15, 0.2) is 36.5 Å². The molecule has 18 heavy (non-hydrogen) atoms. The standard InChI is InChI=1S/C13H18N4O/c1-13(10-18,11-6-4-3-5-7-11)14-8-12-9-15-16-17(12)2/h3-7,9,14,18H,8,10H2,1-2H3. The van der Waals surface area contributed by atoms with E-state index >= 15 is 0 Å². The summed E-state index contributed by atoms with van der Waals surface area (Å²) in [6, 6.07) is 9.91. The van der Waals surface area contributed by atoms with Gasteiger partial charge in [0.05, 0.1) is 24.0 Å². The Morgan fingerprint density at radius 3 is 2.61 bits per heavy atom. The van der Waals surface area contributed by atoms with Crippen LogP contribution in [0, 0.1) is 0 Å². The summed E-state index contributed by atoms with van der Waals surface area (Å²) >= 11 is 0. The summed E-state index contributed by atoms with van der Waals surface area (Å²) < 4.78 is 1.72. The monoisotopic (exact) mass is 246 g/mol. The lowest BCUT2D eigenvalue weighted by molar-refractivity contribution is 0.172. The molecule has 1 heterocycles. The highest BCUT2D eigenvalue weighted by molar-refractivity contribution is 5.23. The molecule has 1 atom stereocenters. The third-order valence-corrected chi connectivity index (χ3v) is 3.20. The number of hydrogen-bond donors (Lipinski definition) is 2. The van der Waals surface area contributed by atoms with Crippen LogP contribution in [-0.4, -0.2) is 26.7 Å². The Morgan fingerprint density at radius 2 is 2.06 bits per heavy atom. The van der Waals surface area contributed by atoms with Crippen LogP contribution in [0.2, 0.25) is 0 Å². The van der Waals surface area contributed by atoms with Crippen molar-refractivity contribution in [2.45, 2.75) is 19.0 Å². The molecule has 2 aromatic rings. The van der Waals surface area contributed by atoms with Crippen LogP contribution in [0.5, 0.6) is 0 Å². The Morgan fingerprint density at radius 1 is 1.33 bits per heavy atom. The second-order valence-electron chi connectivity index (χ2n) is 4.56. The molecule has 0 amide bonds. The molecule has 1 unspecified atom stereocenters. The quantitative estimate of drug-likeness (QED) is 0.819. The van der Waals surface area contributed by atoms with Crippen molar-refractivity contribution in [2.24, 2.45) is 7.05 Å². The summed E-state index contributed by atoms with van der Waals surface area (Å²) in [5.74, 6) is 0. The van der Waals surface area contributed by atoms with E-state index in [9.17, 15) is 5.11 Å². The minimum absolute atomic E-state index is 0.0301. The smallest absolute Gasteiger partial charge is 0.0738 e. The summed E-state index contributed by atoms with van der Waals surface area (Å²) in [6.45, 7) is 2.61.